The van der Waals surface area contributed by atoms with Gasteiger partial charge in [-0.05, 0) is 25.3 Å². The van der Waals surface area contributed by atoms with Crippen LogP contribution in [0.3, 0.4) is 0 Å². The summed E-state index contributed by atoms with van der Waals surface area (Å²) in [5.41, 5.74) is 0. The molecule has 2 heterocycles. The van der Waals surface area contributed by atoms with Crippen LogP contribution in [0.1, 0.15) is 12.8 Å². The van der Waals surface area contributed by atoms with Gasteiger partial charge in [0.25, 0.3) is 0 Å². The average Bonchev–Trinajstić information content (AvgIpc) is 2.74. The van der Waals surface area contributed by atoms with Gasteiger partial charge >= 0.3 is 5.97 Å². The molecule has 74 valence electrons. The third-order valence-corrected chi connectivity index (χ3v) is 3.02. The Morgan fingerprint density at radius 3 is 2.92 bits per heavy atom. The van der Waals surface area contributed by atoms with Crippen LogP contribution < -0.4 is 5.32 Å². The second-order valence-corrected chi connectivity index (χ2v) is 3.82. The van der Waals surface area contributed by atoms with Gasteiger partial charge < -0.3 is 15.2 Å². The minimum atomic E-state index is -0.700. The molecule has 0 amide bonds. The first kappa shape index (κ1) is 8.97. The second-order valence-electron chi connectivity index (χ2n) is 3.82. The van der Waals surface area contributed by atoms with E-state index in [0.717, 1.165) is 19.5 Å². The number of carboxylic acid groups (broad SMARTS) is 1. The molecule has 2 saturated heterocycles. The van der Waals surface area contributed by atoms with Crippen molar-refractivity contribution in [2.45, 2.75) is 18.9 Å². The molecule has 0 aromatic rings. The van der Waals surface area contributed by atoms with E-state index >= 15 is 0 Å². The van der Waals surface area contributed by atoms with E-state index in [1.54, 1.807) is 0 Å². The van der Waals surface area contributed by atoms with Gasteiger partial charge in [-0.2, -0.15) is 0 Å². The van der Waals surface area contributed by atoms with Crippen molar-refractivity contribution in [1.82, 2.24) is 5.32 Å². The van der Waals surface area contributed by atoms with Gasteiger partial charge in [-0.15, -0.1) is 0 Å². The number of hydrogen-bond donors (Lipinski definition) is 2. The van der Waals surface area contributed by atoms with Crippen LogP contribution in [-0.2, 0) is 9.53 Å². The summed E-state index contributed by atoms with van der Waals surface area (Å²) in [6.45, 7) is 2.52. The van der Waals surface area contributed by atoms with Gasteiger partial charge in [-0.1, -0.05) is 0 Å². The lowest BCUT2D eigenvalue weighted by Gasteiger charge is -2.20. The SMILES string of the molecule is O=C(O)[C@@H]1CCO[C@H]1C1CCNC1. The molecule has 2 aliphatic rings. The number of hydrogen-bond acceptors (Lipinski definition) is 3. The van der Waals surface area contributed by atoms with E-state index in [4.69, 9.17) is 9.84 Å². The molecule has 2 rings (SSSR count). The number of carboxylic acids is 1. The summed E-state index contributed by atoms with van der Waals surface area (Å²) in [5.74, 6) is -0.567. The second kappa shape index (κ2) is 3.64. The molecule has 13 heavy (non-hydrogen) atoms. The van der Waals surface area contributed by atoms with Gasteiger partial charge in [0.15, 0.2) is 0 Å². The average molecular weight is 185 g/mol. The van der Waals surface area contributed by atoms with Gasteiger partial charge in [-0.3, -0.25) is 4.79 Å². The first-order valence-electron chi connectivity index (χ1n) is 4.84. The lowest BCUT2D eigenvalue weighted by atomic mass is 9.90. The Labute approximate surface area is 77.3 Å². The maximum Gasteiger partial charge on any atom is 0.309 e. The number of ether oxygens (including phenoxy) is 1. The largest absolute Gasteiger partial charge is 0.481 e. The first-order chi connectivity index (χ1) is 6.29. The Bertz CT molecular complexity index is 201. The fourth-order valence-corrected chi connectivity index (χ4v) is 2.30. The van der Waals surface area contributed by atoms with Crippen LogP contribution in [0.25, 0.3) is 0 Å². The Morgan fingerprint density at radius 1 is 1.46 bits per heavy atom. The smallest absolute Gasteiger partial charge is 0.309 e. The Morgan fingerprint density at radius 2 is 2.31 bits per heavy atom. The Hall–Kier alpha value is -0.610. The van der Waals surface area contributed by atoms with E-state index in [1.165, 1.54) is 0 Å². The molecular weight excluding hydrogens is 170 g/mol. The zero-order valence-corrected chi connectivity index (χ0v) is 7.53. The maximum absolute atomic E-state index is 10.9. The van der Waals surface area contributed by atoms with Crippen molar-refractivity contribution in [1.29, 1.82) is 0 Å². The molecule has 3 atom stereocenters. The summed E-state index contributed by atoms with van der Waals surface area (Å²) < 4.78 is 5.49. The molecule has 0 bridgehead atoms. The summed E-state index contributed by atoms with van der Waals surface area (Å²) in [5, 5.41) is 12.2. The van der Waals surface area contributed by atoms with Crippen molar-refractivity contribution < 1.29 is 14.6 Å². The van der Waals surface area contributed by atoms with Crippen LogP contribution in [0.5, 0.6) is 0 Å². The summed E-state index contributed by atoms with van der Waals surface area (Å²) >= 11 is 0. The van der Waals surface area contributed by atoms with Crippen LogP contribution >= 0.6 is 0 Å². The van der Waals surface area contributed by atoms with Crippen LogP contribution in [0, 0.1) is 11.8 Å². The molecule has 1 unspecified atom stereocenters. The molecule has 0 radical (unpaired) electrons. The fraction of sp³-hybridized carbons (Fsp3) is 0.889. The number of carbonyl (C=O) groups is 1. The van der Waals surface area contributed by atoms with Crippen LogP contribution in [-0.4, -0.2) is 36.9 Å². The van der Waals surface area contributed by atoms with Crippen LogP contribution in [0.4, 0.5) is 0 Å². The number of aliphatic carboxylic acids is 1. The Kier molecular flexibility index (Phi) is 2.51. The molecular formula is C9H15NO3. The predicted octanol–water partition coefficient (Wildman–Crippen LogP) is 0.0856. The van der Waals surface area contributed by atoms with Gasteiger partial charge in [0.2, 0.25) is 0 Å². The minimum absolute atomic E-state index is 0.0486. The van der Waals surface area contributed by atoms with Gasteiger partial charge in [-0.25, -0.2) is 0 Å². The predicted molar refractivity (Wildman–Crippen MR) is 46.5 cm³/mol. The fourth-order valence-electron chi connectivity index (χ4n) is 2.30. The highest BCUT2D eigenvalue weighted by molar-refractivity contribution is 5.71. The molecule has 0 aromatic heterocycles. The van der Waals surface area contributed by atoms with Crippen molar-refractivity contribution in [3.05, 3.63) is 0 Å². The third kappa shape index (κ3) is 1.69. The van der Waals surface area contributed by atoms with Gasteiger partial charge in [0.1, 0.15) is 0 Å². The monoisotopic (exact) mass is 185 g/mol. The van der Waals surface area contributed by atoms with Crippen molar-refractivity contribution in [2.75, 3.05) is 19.7 Å². The zero-order valence-electron chi connectivity index (χ0n) is 7.53. The van der Waals surface area contributed by atoms with Crippen molar-refractivity contribution in [3.63, 3.8) is 0 Å². The minimum Gasteiger partial charge on any atom is -0.481 e. The number of rotatable bonds is 2. The summed E-state index contributed by atoms with van der Waals surface area (Å²) in [4.78, 5) is 10.9. The summed E-state index contributed by atoms with van der Waals surface area (Å²) in [6, 6.07) is 0. The molecule has 0 aliphatic carbocycles. The van der Waals surface area contributed by atoms with Crippen molar-refractivity contribution in [3.8, 4) is 0 Å². The first-order valence-corrected chi connectivity index (χ1v) is 4.84. The maximum atomic E-state index is 10.9. The Balaban J connectivity index is 2.00. The van der Waals surface area contributed by atoms with Crippen LogP contribution in [0.2, 0.25) is 0 Å². The lowest BCUT2D eigenvalue weighted by molar-refractivity contribution is -0.144. The third-order valence-electron chi connectivity index (χ3n) is 3.02. The normalized spacial score (nSPS) is 39.5. The summed E-state index contributed by atoms with van der Waals surface area (Å²) in [6.07, 6.45) is 1.68. The van der Waals surface area contributed by atoms with E-state index in [-0.39, 0.29) is 12.0 Å². The molecule has 2 fully saturated rings. The van der Waals surface area contributed by atoms with E-state index in [9.17, 15) is 4.79 Å². The quantitative estimate of drug-likeness (QED) is 0.640. The molecule has 2 N–H and O–H groups in total. The molecule has 4 heteroatoms. The highest BCUT2D eigenvalue weighted by atomic mass is 16.5. The van der Waals surface area contributed by atoms with E-state index in [1.807, 2.05) is 0 Å². The van der Waals surface area contributed by atoms with E-state index in [2.05, 4.69) is 5.32 Å². The lowest BCUT2D eigenvalue weighted by Crippen LogP contribution is -2.32. The standard InChI is InChI=1S/C9H15NO3/c11-9(12)7-2-4-13-8(7)6-1-3-10-5-6/h6-8,10H,1-5H2,(H,11,12)/t6?,7-,8+/m1/s1. The highest BCUT2D eigenvalue weighted by Crippen LogP contribution is 2.30. The van der Waals surface area contributed by atoms with E-state index in [0.29, 0.717) is 18.9 Å². The van der Waals surface area contributed by atoms with Crippen molar-refractivity contribution >= 4 is 5.97 Å². The van der Waals surface area contributed by atoms with E-state index < -0.39 is 5.97 Å². The topological polar surface area (TPSA) is 58.6 Å². The molecule has 2 aliphatic heterocycles. The number of nitrogens with one attached hydrogen (secondary N) is 1. The van der Waals surface area contributed by atoms with Gasteiger partial charge in [0, 0.05) is 13.2 Å². The molecule has 0 aromatic carbocycles. The molecule has 0 spiro atoms. The van der Waals surface area contributed by atoms with Crippen LogP contribution in [0.15, 0.2) is 0 Å². The molecule has 4 nitrogen and oxygen atoms in total. The summed E-state index contributed by atoms with van der Waals surface area (Å²) in [7, 11) is 0. The van der Waals surface area contributed by atoms with Crippen molar-refractivity contribution in [2.24, 2.45) is 11.8 Å². The highest BCUT2D eigenvalue weighted by Gasteiger charge is 2.40. The zero-order chi connectivity index (χ0) is 9.26. The molecule has 0 saturated carbocycles. The van der Waals surface area contributed by atoms with Gasteiger partial charge in [0.05, 0.1) is 12.0 Å².